The van der Waals surface area contributed by atoms with Gasteiger partial charge in [0.1, 0.15) is 5.82 Å². The molecule has 2 aromatic rings. The third kappa shape index (κ3) is 1.59. The highest BCUT2D eigenvalue weighted by molar-refractivity contribution is 5.69. The molecule has 0 saturated heterocycles. The number of hydrogen-bond acceptors (Lipinski definition) is 2. The van der Waals surface area contributed by atoms with E-state index in [1.807, 2.05) is 6.07 Å². The highest BCUT2D eigenvalue weighted by Crippen LogP contribution is 2.25. The number of rotatable bonds is 1. The largest absolute Gasteiger partial charge is 0.275 e. The van der Waals surface area contributed by atoms with E-state index < -0.39 is 5.82 Å². The molecular formula is C11H8FN3. The number of benzene rings is 1. The topological polar surface area (TPSA) is 41.6 Å². The molecular weight excluding hydrogens is 193 g/mol. The van der Waals surface area contributed by atoms with E-state index >= 15 is 0 Å². The van der Waals surface area contributed by atoms with Gasteiger partial charge in [-0.1, -0.05) is 6.07 Å². The van der Waals surface area contributed by atoms with E-state index in [9.17, 15) is 4.39 Å². The Morgan fingerprint density at radius 3 is 2.87 bits per heavy atom. The average Bonchev–Trinajstić information content (AvgIpc) is 2.64. The summed E-state index contributed by atoms with van der Waals surface area (Å²) in [6, 6.07) is 6.41. The second-order valence-corrected chi connectivity index (χ2v) is 3.18. The van der Waals surface area contributed by atoms with E-state index in [0.29, 0.717) is 16.7 Å². The van der Waals surface area contributed by atoms with Crippen molar-refractivity contribution < 1.29 is 4.39 Å². The summed E-state index contributed by atoms with van der Waals surface area (Å²) in [4.78, 5) is 0. The molecule has 0 amide bonds. The van der Waals surface area contributed by atoms with Crippen LogP contribution in [0.3, 0.4) is 0 Å². The van der Waals surface area contributed by atoms with Gasteiger partial charge in [0.25, 0.3) is 0 Å². The summed E-state index contributed by atoms with van der Waals surface area (Å²) >= 11 is 0. The Kier molecular flexibility index (Phi) is 2.22. The highest BCUT2D eigenvalue weighted by atomic mass is 19.1. The summed E-state index contributed by atoms with van der Waals surface area (Å²) in [6.07, 6.45) is 3.22. The lowest BCUT2D eigenvalue weighted by Crippen LogP contribution is -1.88. The summed E-state index contributed by atoms with van der Waals surface area (Å²) in [5.74, 6) is -0.401. The van der Waals surface area contributed by atoms with E-state index in [4.69, 9.17) is 5.26 Å². The molecule has 74 valence electrons. The van der Waals surface area contributed by atoms with E-state index in [2.05, 4.69) is 5.10 Å². The maximum Gasteiger partial charge on any atom is 0.132 e. The standard InChI is InChI=1S/C11H8FN3/c1-15-7-9(6-14-15)11-8(5-13)3-2-4-10(11)12/h2-4,6-7H,1H3. The molecule has 1 aromatic carbocycles. The molecule has 1 aromatic heterocycles. The third-order valence-electron chi connectivity index (χ3n) is 2.13. The first-order chi connectivity index (χ1) is 7.22. The lowest BCUT2D eigenvalue weighted by molar-refractivity contribution is 0.631. The quantitative estimate of drug-likeness (QED) is 0.709. The van der Waals surface area contributed by atoms with Gasteiger partial charge in [-0.2, -0.15) is 10.4 Å². The maximum absolute atomic E-state index is 13.5. The van der Waals surface area contributed by atoms with Crippen LogP contribution < -0.4 is 0 Å². The normalized spacial score (nSPS) is 9.93. The van der Waals surface area contributed by atoms with E-state index in [-0.39, 0.29) is 0 Å². The van der Waals surface area contributed by atoms with Crippen LogP contribution in [0.15, 0.2) is 30.6 Å². The fraction of sp³-hybridized carbons (Fsp3) is 0.0909. The van der Waals surface area contributed by atoms with Crippen molar-refractivity contribution in [1.29, 1.82) is 5.26 Å². The van der Waals surface area contributed by atoms with Gasteiger partial charge < -0.3 is 0 Å². The number of nitriles is 1. The molecule has 15 heavy (non-hydrogen) atoms. The third-order valence-corrected chi connectivity index (χ3v) is 2.13. The number of aryl methyl sites for hydroxylation is 1. The van der Waals surface area contributed by atoms with Crippen molar-refractivity contribution in [2.45, 2.75) is 0 Å². The van der Waals surface area contributed by atoms with Gasteiger partial charge in [-0.15, -0.1) is 0 Å². The molecule has 0 saturated carbocycles. The van der Waals surface area contributed by atoms with Crippen LogP contribution in [0.25, 0.3) is 11.1 Å². The molecule has 0 spiro atoms. The van der Waals surface area contributed by atoms with Crippen molar-refractivity contribution in [2.75, 3.05) is 0 Å². The fourth-order valence-corrected chi connectivity index (χ4v) is 1.46. The lowest BCUT2D eigenvalue weighted by atomic mass is 10.0. The molecule has 3 nitrogen and oxygen atoms in total. The summed E-state index contributed by atoms with van der Waals surface area (Å²) in [7, 11) is 1.75. The van der Waals surface area contributed by atoms with Gasteiger partial charge in [0.15, 0.2) is 0 Å². The lowest BCUT2D eigenvalue weighted by Gasteiger charge is -2.01. The molecule has 0 aliphatic heterocycles. The van der Waals surface area contributed by atoms with Crippen LogP contribution in [0.1, 0.15) is 5.56 Å². The second-order valence-electron chi connectivity index (χ2n) is 3.18. The summed E-state index contributed by atoms with van der Waals surface area (Å²) < 4.78 is 15.1. The molecule has 0 bridgehead atoms. The van der Waals surface area contributed by atoms with E-state index in [0.717, 1.165) is 0 Å². The van der Waals surface area contributed by atoms with Gasteiger partial charge in [-0.05, 0) is 12.1 Å². The molecule has 1 heterocycles. The van der Waals surface area contributed by atoms with Crippen molar-refractivity contribution in [2.24, 2.45) is 7.05 Å². The molecule has 0 N–H and O–H groups in total. The summed E-state index contributed by atoms with van der Waals surface area (Å²) in [5.41, 5.74) is 1.25. The van der Waals surface area contributed by atoms with Gasteiger partial charge in [-0.3, -0.25) is 4.68 Å². The summed E-state index contributed by atoms with van der Waals surface area (Å²) in [5, 5.41) is 12.8. The zero-order valence-corrected chi connectivity index (χ0v) is 8.11. The number of nitrogens with zero attached hydrogens (tertiary/aromatic N) is 3. The molecule has 0 aliphatic carbocycles. The maximum atomic E-state index is 13.5. The predicted molar refractivity (Wildman–Crippen MR) is 53.3 cm³/mol. The Morgan fingerprint density at radius 2 is 2.27 bits per heavy atom. The Bertz CT molecular complexity index is 537. The van der Waals surface area contributed by atoms with Crippen molar-refractivity contribution in [3.8, 4) is 17.2 Å². The average molecular weight is 201 g/mol. The minimum atomic E-state index is -0.401. The molecule has 4 heteroatoms. The zero-order chi connectivity index (χ0) is 10.8. The van der Waals surface area contributed by atoms with Crippen LogP contribution in [0.4, 0.5) is 4.39 Å². The Balaban J connectivity index is 2.67. The van der Waals surface area contributed by atoms with Crippen LogP contribution >= 0.6 is 0 Å². The Morgan fingerprint density at radius 1 is 1.47 bits per heavy atom. The first-order valence-corrected chi connectivity index (χ1v) is 4.40. The SMILES string of the molecule is Cn1cc(-c2c(F)cccc2C#N)cn1. The minimum absolute atomic E-state index is 0.313. The van der Waals surface area contributed by atoms with Crippen LogP contribution in [0, 0.1) is 17.1 Å². The molecule has 0 aliphatic rings. The molecule has 0 unspecified atom stereocenters. The predicted octanol–water partition coefficient (Wildman–Crippen LogP) is 2.10. The smallest absolute Gasteiger partial charge is 0.132 e. The van der Waals surface area contributed by atoms with E-state index in [1.165, 1.54) is 12.1 Å². The number of hydrogen-bond donors (Lipinski definition) is 0. The van der Waals surface area contributed by atoms with E-state index in [1.54, 1.807) is 30.2 Å². The monoisotopic (exact) mass is 201 g/mol. The Hall–Kier alpha value is -2.15. The van der Waals surface area contributed by atoms with Crippen LogP contribution in [0.2, 0.25) is 0 Å². The van der Waals surface area contributed by atoms with Gasteiger partial charge in [-0.25, -0.2) is 4.39 Å². The van der Waals surface area contributed by atoms with Crippen molar-refractivity contribution in [3.63, 3.8) is 0 Å². The van der Waals surface area contributed by atoms with Crippen molar-refractivity contribution in [3.05, 3.63) is 42.0 Å². The Labute approximate surface area is 86.4 Å². The molecule has 0 atom stereocenters. The van der Waals surface area contributed by atoms with Crippen molar-refractivity contribution >= 4 is 0 Å². The highest BCUT2D eigenvalue weighted by Gasteiger charge is 2.11. The first-order valence-electron chi connectivity index (χ1n) is 4.40. The first kappa shape index (κ1) is 9.41. The molecule has 2 rings (SSSR count). The summed E-state index contributed by atoms with van der Waals surface area (Å²) in [6.45, 7) is 0. The second kappa shape index (κ2) is 3.54. The zero-order valence-electron chi connectivity index (χ0n) is 8.11. The van der Waals surface area contributed by atoms with Crippen LogP contribution in [-0.2, 0) is 7.05 Å². The van der Waals surface area contributed by atoms with Crippen LogP contribution in [-0.4, -0.2) is 9.78 Å². The molecule has 0 radical (unpaired) electrons. The van der Waals surface area contributed by atoms with Crippen molar-refractivity contribution in [1.82, 2.24) is 9.78 Å². The molecule has 0 fully saturated rings. The minimum Gasteiger partial charge on any atom is -0.275 e. The van der Waals surface area contributed by atoms with Gasteiger partial charge in [0.2, 0.25) is 0 Å². The van der Waals surface area contributed by atoms with Gasteiger partial charge in [0, 0.05) is 24.4 Å². The van der Waals surface area contributed by atoms with Gasteiger partial charge >= 0.3 is 0 Å². The number of halogens is 1. The number of aromatic nitrogens is 2. The fourth-order valence-electron chi connectivity index (χ4n) is 1.46. The van der Waals surface area contributed by atoms with Gasteiger partial charge in [0.05, 0.1) is 17.8 Å². The van der Waals surface area contributed by atoms with Crippen LogP contribution in [0.5, 0.6) is 0 Å².